The zero-order chi connectivity index (χ0) is 9.30. The molecule has 0 bridgehead atoms. The quantitative estimate of drug-likeness (QED) is 0.284. The van der Waals surface area contributed by atoms with E-state index >= 15 is 0 Å². The second-order valence-corrected chi connectivity index (χ2v) is 2.85. The zero-order valence-corrected chi connectivity index (χ0v) is 7.12. The van der Waals surface area contributed by atoms with Gasteiger partial charge in [-0.2, -0.15) is 5.06 Å². The van der Waals surface area contributed by atoms with Gasteiger partial charge in [0.05, 0.1) is 11.0 Å². The largest absolute Gasteiger partial charge is 0.271 e. The van der Waals surface area contributed by atoms with Crippen molar-refractivity contribution >= 4 is 23.2 Å². The molecule has 0 saturated carbocycles. The second kappa shape index (κ2) is 3.30. The van der Waals surface area contributed by atoms with Crippen LogP contribution in [-0.2, 0) is 5.21 Å². The van der Waals surface area contributed by atoms with Gasteiger partial charge in [0, 0.05) is 6.08 Å². The number of allylic oxidation sites excluding steroid dienone is 1. The molecule has 1 rings (SSSR count). The zero-order valence-electron chi connectivity index (χ0n) is 5.61. The van der Waals surface area contributed by atoms with Gasteiger partial charge in [0.2, 0.25) is 0 Å². The first-order valence-electron chi connectivity index (χ1n) is 2.86. The fourth-order valence-electron chi connectivity index (χ4n) is 0.674. The normalized spacial score (nSPS) is 23.2. The van der Waals surface area contributed by atoms with Crippen LogP contribution in [0.25, 0.3) is 0 Å². The van der Waals surface area contributed by atoms with Crippen LogP contribution in [-0.4, -0.2) is 15.5 Å². The summed E-state index contributed by atoms with van der Waals surface area (Å²) in [5.41, 5.74) is -1.38. The van der Waals surface area contributed by atoms with E-state index in [-0.39, 0.29) is 15.9 Å². The molecule has 0 aliphatic carbocycles. The number of halogens is 2. The van der Waals surface area contributed by atoms with Crippen LogP contribution in [0.1, 0.15) is 0 Å². The number of hydroxylamine groups is 2. The lowest BCUT2D eigenvalue weighted by atomic mass is 10.3. The Hall–Kier alpha value is -0.780. The van der Waals surface area contributed by atoms with Crippen molar-refractivity contribution in [3.63, 3.8) is 0 Å². The van der Waals surface area contributed by atoms with Crippen LogP contribution in [0, 0.1) is 10.1 Å². The lowest BCUT2D eigenvalue weighted by Gasteiger charge is -2.18. The number of hydrogen-bond acceptors (Lipinski definition) is 3. The maximum absolute atomic E-state index is 10.8. The molecule has 12 heavy (non-hydrogen) atoms. The van der Waals surface area contributed by atoms with Crippen LogP contribution in [0.15, 0.2) is 23.0 Å². The maximum atomic E-state index is 10.8. The highest BCUT2D eigenvalue weighted by atomic mass is 35.5. The maximum Gasteiger partial charge on any atom is 0.271 e. The van der Waals surface area contributed by atoms with E-state index in [1.165, 1.54) is 0 Å². The van der Waals surface area contributed by atoms with Gasteiger partial charge < -0.3 is 0 Å². The van der Waals surface area contributed by atoms with E-state index in [0.29, 0.717) is 0 Å². The molecule has 65 valence electrons. The number of nitro groups is 1. The summed E-state index contributed by atoms with van der Waals surface area (Å²) in [4.78, 5) is 9.55. The van der Waals surface area contributed by atoms with Gasteiger partial charge >= 0.3 is 0 Å². The van der Waals surface area contributed by atoms with E-state index in [4.69, 9.17) is 23.2 Å². The highest BCUT2D eigenvalue weighted by Crippen LogP contribution is 2.23. The Kier molecular flexibility index (Phi) is 2.56. The van der Waals surface area contributed by atoms with Crippen molar-refractivity contribution in [1.29, 1.82) is 0 Å². The Balaban J connectivity index is 2.95. The first kappa shape index (κ1) is 9.31. The Morgan fingerprint density at radius 1 is 1.67 bits per heavy atom. The SMILES string of the molecule is [O]N1C(Cl)=CC([N+](=O)[O-])=CC1Cl. The van der Waals surface area contributed by atoms with Gasteiger partial charge in [-0.3, -0.25) is 10.1 Å². The van der Waals surface area contributed by atoms with E-state index in [2.05, 4.69) is 0 Å². The Morgan fingerprint density at radius 2 is 2.25 bits per heavy atom. The van der Waals surface area contributed by atoms with Gasteiger partial charge in [-0.15, -0.1) is 0 Å². The lowest BCUT2D eigenvalue weighted by molar-refractivity contribution is -0.420. The summed E-state index contributed by atoms with van der Waals surface area (Å²) in [7, 11) is 0. The molecule has 1 radical (unpaired) electrons. The lowest BCUT2D eigenvalue weighted by Crippen LogP contribution is -2.26. The second-order valence-electron chi connectivity index (χ2n) is 2.01. The number of rotatable bonds is 1. The molecule has 0 amide bonds. The van der Waals surface area contributed by atoms with E-state index in [0.717, 1.165) is 12.2 Å². The van der Waals surface area contributed by atoms with Crippen molar-refractivity contribution in [1.82, 2.24) is 5.06 Å². The van der Waals surface area contributed by atoms with E-state index in [1.54, 1.807) is 0 Å². The van der Waals surface area contributed by atoms with Gasteiger partial charge in [-0.05, 0) is 0 Å². The molecular formula is C5H3Cl2N2O3. The summed E-state index contributed by atoms with van der Waals surface area (Å²) in [5, 5.41) is 21.0. The fraction of sp³-hybridized carbons (Fsp3) is 0.200. The molecule has 0 aromatic carbocycles. The summed E-state index contributed by atoms with van der Waals surface area (Å²) >= 11 is 10.8. The minimum Gasteiger partial charge on any atom is -0.258 e. The van der Waals surface area contributed by atoms with Crippen molar-refractivity contribution < 1.29 is 10.1 Å². The number of nitrogens with zero attached hydrogens (tertiary/aromatic N) is 2. The molecule has 1 aliphatic rings. The number of hydrogen-bond donors (Lipinski definition) is 0. The highest BCUT2D eigenvalue weighted by Gasteiger charge is 2.25. The molecular weight excluding hydrogens is 207 g/mol. The molecule has 7 heteroatoms. The third-order valence-corrected chi connectivity index (χ3v) is 1.80. The minimum atomic E-state index is -1.11. The Bertz CT molecular complexity index is 276. The molecule has 0 aromatic heterocycles. The monoisotopic (exact) mass is 209 g/mol. The molecule has 1 atom stereocenters. The van der Waals surface area contributed by atoms with Gasteiger partial charge in [0.1, 0.15) is 5.16 Å². The van der Waals surface area contributed by atoms with Crippen molar-refractivity contribution in [3.8, 4) is 0 Å². The Labute approximate surface area is 77.6 Å². The standard InChI is InChI=1S/C5H3Cl2N2O3/c6-4-1-3(9(11)12)2-5(7)8(4)10/h1-2,4H. The molecule has 1 unspecified atom stereocenters. The summed E-state index contributed by atoms with van der Waals surface area (Å²) in [5.74, 6) is 0. The van der Waals surface area contributed by atoms with Crippen LogP contribution < -0.4 is 0 Å². The average Bonchev–Trinajstić information content (AvgIpc) is 1.99. The molecule has 0 aromatic rings. The Morgan fingerprint density at radius 3 is 2.67 bits per heavy atom. The van der Waals surface area contributed by atoms with Crippen LogP contribution in [0.4, 0.5) is 0 Å². The van der Waals surface area contributed by atoms with Gasteiger partial charge in [0.15, 0.2) is 5.50 Å². The van der Waals surface area contributed by atoms with Gasteiger partial charge in [-0.25, -0.2) is 0 Å². The predicted molar refractivity (Wildman–Crippen MR) is 41.2 cm³/mol. The predicted octanol–water partition coefficient (Wildman–Crippen LogP) is 1.45. The highest BCUT2D eigenvalue weighted by molar-refractivity contribution is 6.30. The third kappa shape index (κ3) is 1.69. The van der Waals surface area contributed by atoms with Crippen molar-refractivity contribution in [2.24, 2.45) is 0 Å². The van der Waals surface area contributed by atoms with Crippen LogP contribution >= 0.6 is 23.2 Å². The summed E-state index contributed by atoms with van der Waals surface area (Å²) in [6.45, 7) is 0. The number of alkyl halides is 1. The van der Waals surface area contributed by atoms with Gasteiger partial charge in [-0.1, -0.05) is 28.4 Å². The molecule has 0 fully saturated rings. The first-order chi connectivity index (χ1) is 5.52. The van der Waals surface area contributed by atoms with E-state index < -0.39 is 10.4 Å². The summed E-state index contributed by atoms with van der Waals surface area (Å²) in [6.07, 6.45) is 1.97. The molecule has 0 spiro atoms. The fourth-order valence-corrected chi connectivity index (χ4v) is 1.17. The molecule has 1 heterocycles. The van der Waals surface area contributed by atoms with Gasteiger partial charge in [0.25, 0.3) is 5.70 Å². The van der Waals surface area contributed by atoms with Crippen LogP contribution in [0.5, 0.6) is 0 Å². The molecule has 5 nitrogen and oxygen atoms in total. The van der Waals surface area contributed by atoms with Crippen LogP contribution in [0.3, 0.4) is 0 Å². The first-order valence-corrected chi connectivity index (χ1v) is 3.67. The summed E-state index contributed by atoms with van der Waals surface area (Å²) in [6, 6.07) is 0. The third-order valence-electron chi connectivity index (χ3n) is 1.22. The molecule has 0 saturated heterocycles. The smallest absolute Gasteiger partial charge is 0.258 e. The van der Waals surface area contributed by atoms with Crippen molar-refractivity contribution in [3.05, 3.63) is 33.1 Å². The minimum absolute atomic E-state index is 0.271. The van der Waals surface area contributed by atoms with Crippen molar-refractivity contribution in [2.75, 3.05) is 0 Å². The van der Waals surface area contributed by atoms with E-state index in [1.807, 2.05) is 0 Å². The van der Waals surface area contributed by atoms with Crippen LogP contribution in [0.2, 0.25) is 0 Å². The summed E-state index contributed by atoms with van der Waals surface area (Å²) < 4.78 is 0. The van der Waals surface area contributed by atoms with Crippen molar-refractivity contribution in [2.45, 2.75) is 5.50 Å². The molecule has 1 aliphatic heterocycles. The van der Waals surface area contributed by atoms with E-state index in [9.17, 15) is 15.3 Å². The topological polar surface area (TPSA) is 66.3 Å². The molecule has 0 N–H and O–H groups in total. The average molecular weight is 210 g/mol.